The summed E-state index contributed by atoms with van der Waals surface area (Å²) in [5.41, 5.74) is 0.318. The molecular weight excluding hydrogens is 470 g/mol. The Morgan fingerprint density at radius 2 is 1.73 bits per heavy atom. The number of nitrogens with one attached hydrogen (secondary N) is 1. The van der Waals surface area contributed by atoms with E-state index in [1.54, 1.807) is 35.3 Å². The standard InChI is InChI=1S/C20H23N5O6S2/c26-32(27,19-4-6-20(7-5-19)33(28,29)25-9-11-30-12-10-25)23-17-2-1-3-18(14-17)31-13-8-24-16-21-15-22-24/h1-7,14-16,23H,8-13H2. The second-order valence-electron chi connectivity index (χ2n) is 7.13. The van der Waals surface area contributed by atoms with E-state index in [2.05, 4.69) is 14.8 Å². The van der Waals surface area contributed by atoms with Crippen LogP contribution < -0.4 is 9.46 Å². The number of rotatable bonds is 9. The van der Waals surface area contributed by atoms with E-state index in [0.717, 1.165) is 0 Å². The molecule has 0 aliphatic carbocycles. The maximum atomic E-state index is 12.8. The van der Waals surface area contributed by atoms with Gasteiger partial charge in [-0.05, 0) is 36.4 Å². The van der Waals surface area contributed by atoms with Crippen molar-refractivity contribution in [1.29, 1.82) is 0 Å². The van der Waals surface area contributed by atoms with Gasteiger partial charge in [-0.1, -0.05) is 6.07 Å². The summed E-state index contributed by atoms with van der Waals surface area (Å²) in [6.07, 6.45) is 3.01. The van der Waals surface area contributed by atoms with Crippen LogP contribution in [-0.2, 0) is 31.3 Å². The van der Waals surface area contributed by atoms with Crippen molar-refractivity contribution in [3.05, 3.63) is 61.2 Å². The molecule has 176 valence electrons. The SMILES string of the molecule is O=S(=O)(Nc1cccc(OCCn2cncn2)c1)c1ccc(S(=O)(=O)N2CCOCC2)cc1. The summed E-state index contributed by atoms with van der Waals surface area (Å²) in [6, 6.07) is 11.7. The molecule has 0 atom stereocenters. The molecule has 1 N–H and O–H groups in total. The Morgan fingerprint density at radius 1 is 1.00 bits per heavy atom. The molecule has 3 aromatic rings. The number of anilines is 1. The fourth-order valence-electron chi connectivity index (χ4n) is 3.20. The molecular formula is C20H23N5O6S2. The van der Waals surface area contributed by atoms with E-state index in [9.17, 15) is 16.8 Å². The van der Waals surface area contributed by atoms with Crippen LogP contribution in [0.15, 0.2) is 71.0 Å². The summed E-state index contributed by atoms with van der Waals surface area (Å²) in [4.78, 5) is 3.83. The number of aromatic nitrogens is 3. The van der Waals surface area contributed by atoms with Crippen LogP contribution >= 0.6 is 0 Å². The second kappa shape index (κ2) is 9.87. The van der Waals surface area contributed by atoms with E-state index in [0.29, 0.717) is 37.8 Å². The van der Waals surface area contributed by atoms with Gasteiger partial charge in [-0.3, -0.25) is 4.72 Å². The number of benzene rings is 2. The molecule has 0 unspecified atom stereocenters. The minimum absolute atomic E-state index is 0.0335. The van der Waals surface area contributed by atoms with Crippen LogP contribution in [0.25, 0.3) is 0 Å². The van der Waals surface area contributed by atoms with Gasteiger partial charge in [0.15, 0.2) is 0 Å². The van der Waals surface area contributed by atoms with Crippen LogP contribution in [0.4, 0.5) is 5.69 Å². The number of hydrogen-bond donors (Lipinski definition) is 1. The summed E-state index contributed by atoms with van der Waals surface area (Å²) < 4.78 is 67.3. The van der Waals surface area contributed by atoms with E-state index in [-0.39, 0.29) is 22.9 Å². The first-order chi connectivity index (χ1) is 15.8. The van der Waals surface area contributed by atoms with Crippen LogP contribution in [0.2, 0.25) is 0 Å². The molecule has 0 bridgehead atoms. The van der Waals surface area contributed by atoms with Gasteiger partial charge in [0.2, 0.25) is 10.0 Å². The fourth-order valence-corrected chi connectivity index (χ4v) is 5.65. The van der Waals surface area contributed by atoms with Crippen LogP contribution in [0, 0.1) is 0 Å². The Kier molecular flexibility index (Phi) is 6.93. The van der Waals surface area contributed by atoms with Crippen molar-refractivity contribution in [1.82, 2.24) is 19.1 Å². The van der Waals surface area contributed by atoms with Gasteiger partial charge in [-0.2, -0.15) is 9.40 Å². The molecule has 0 spiro atoms. The molecule has 11 nitrogen and oxygen atoms in total. The third kappa shape index (κ3) is 5.68. The summed E-state index contributed by atoms with van der Waals surface area (Å²) in [6.45, 7) is 2.02. The highest BCUT2D eigenvalue weighted by Crippen LogP contribution is 2.23. The number of sulfonamides is 2. The number of ether oxygens (including phenoxy) is 2. The van der Waals surface area contributed by atoms with E-state index in [1.165, 1.54) is 34.9 Å². The number of hydrogen-bond acceptors (Lipinski definition) is 8. The highest BCUT2D eigenvalue weighted by atomic mass is 32.2. The minimum atomic E-state index is -3.93. The quantitative estimate of drug-likeness (QED) is 0.470. The average Bonchev–Trinajstić information content (AvgIpc) is 3.33. The smallest absolute Gasteiger partial charge is 0.261 e. The van der Waals surface area contributed by atoms with Crippen LogP contribution in [0.1, 0.15) is 0 Å². The molecule has 33 heavy (non-hydrogen) atoms. The van der Waals surface area contributed by atoms with Gasteiger partial charge in [0.25, 0.3) is 10.0 Å². The lowest BCUT2D eigenvalue weighted by molar-refractivity contribution is 0.0730. The van der Waals surface area contributed by atoms with E-state index in [4.69, 9.17) is 9.47 Å². The van der Waals surface area contributed by atoms with Gasteiger partial charge in [0.1, 0.15) is 25.0 Å². The highest BCUT2D eigenvalue weighted by molar-refractivity contribution is 7.92. The zero-order chi connectivity index (χ0) is 23.3. The summed E-state index contributed by atoms with van der Waals surface area (Å²) >= 11 is 0. The Balaban J connectivity index is 1.42. The molecule has 1 saturated heterocycles. The second-order valence-corrected chi connectivity index (χ2v) is 10.7. The number of morpholine rings is 1. The molecule has 1 aliphatic heterocycles. The van der Waals surface area contributed by atoms with Crippen LogP contribution in [0.3, 0.4) is 0 Å². The largest absolute Gasteiger partial charge is 0.492 e. The molecule has 0 radical (unpaired) electrons. The first kappa shape index (κ1) is 23.2. The third-order valence-electron chi connectivity index (χ3n) is 4.88. The molecule has 0 saturated carbocycles. The lowest BCUT2D eigenvalue weighted by atomic mass is 10.3. The number of nitrogens with zero attached hydrogens (tertiary/aromatic N) is 4. The summed E-state index contributed by atoms with van der Waals surface area (Å²) in [7, 11) is -7.63. The zero-order valence-electron chi connectivity index (χ0n) is 17.6. The van der Waals surface area contributed by atoms with E-state index >= 15 is 0 Å². The van der Waals surface area contributed by atoms with E-state index in [1.807, 2.05) is 0 Å². The Labute approximate surface area is 192 Å². The van der Waals surface area contributed by atoms with Crippen molar-refractivity contribution in [3.8, 4) is 5.75 Å². The fraction of sp³-hybridized carbons (Fsp3) is 0.300. The van der Waals surface area contributed by atoms with Gasteiger partial charge in [0.05, 0.1) is 35.2 Å². The van der Waals surface area contributed by atoms with Crippen molar-refractivity contribution in [2.75, 3.05) is 37.6 Å². The van der Waals surface area contributed by atoms with Crippen LogP contribution in [-0.4, -0.2) is 68.8 Å². The van der Waals surface area contributed by atoms with Gasteiger partial charge in [-0.15, -0.1) is 0 Å². The third-order valence-corrected chi connectivity index (χ3v) is 8.19. The Bertz CT molecular complexity index is 1270. The van der Waals surface area contributed by atoms with Crippen LogP contribution in [0.5, 0.6) is 5.75 Å². The molecule has 2 heterocycles. The highest BCUT2D eigenvalue weighted by Gasteiger charge is 2.26. The van der Waals surface area contributed by atoms with Crippen molar-refractivity contribution < 1.29 is 26.3 Å². The lowest BCUT2D eigenvalue weighted by Crippen LogP contribution is -2.40. The predicted octanol–water partition coefficient (Wildman–Crippen LogP) is 1.18. The summed E-state index contributed by atoms with van der Waals surface area (Å²) in [5.74, 6) is 0.488. The molecule has 0 amide bonds. The normalized spacial score (nSPS) is 15.3. The molecule has 13 heteroatoms. The maximum absolute atomic E-state index is 12.8. The molecule has 2 aromatic carbocycles. The first-order valence-corrected chi connectivity index (χ1v) is 13.0. The zero-order valence-corrected chi connectivity index (χ0v) is 19.2. The van der Waals surface area contributed by atoms with Gasteiger partial charge in [-0.25, -0.2) is 26.5 Å². The van der Waals surface area contributed by atoms with Crippen molar-refractivity contribution in [3.63, 3.8) is 0 Å². The molecule has 1 aliphatic rings. The van der Waals surface area contributed by atoms with E-state index < -0.39 is 20.0 Å². The van der Waals surface area contributed by atoms with Crippen molar-refractivity contribution >= 4 is 25.7 Å². The maximum Gasteiger partial charge on any atom is 0.261 e. The Morgan fingerprint density at radius 3 is 2.42 bits per heavy atom. The topological polar surface area (TPSA) is 133 Å². The predicted molar refractivity (Wildman–Crippen MR) is 119 cm³/mol. The van der Waals surface area contributed by atoms with Gasteiger partial charge >= 0.3 is 0 Å². The van der Waals surface area contributed by atoms with Gasteiger partial charge in [0, 0.05) is 19.2 Å². The molecule has 1 aromatic heterocycles. The first-order valence-electron chi connectivity index (χ1n) is 10.1. The average molecular weight is 494 g/mol. The summed E-state index contributed by atoms with van der Waals surface area (Å²) in [5, 5.41) is 3.98. The monoisotopic (exact) mass is 493 g/mol. The minimum Gasteiger partial charge on any atom is -0.492 e. The molecule has 1 fully saturated rings. The van der Waals surface area contributed by atoms with Crippen molar-refractivity contribution in [2.45, 2.75) is 16.3 Å². The Hall–Kier alpha value is -3.00. The lowest BCUT2D eigenvalue weighted by Gasteiger charge is -2.26. The molecule has 4 rings (SSSR count). The van der Waals surface area contributed by atoms with Crippen molar-refractivity contribution in [2.24, 2.45) is 0 Å². The van der Waals surface area contributed by atoms with Gasteiger partial charge < -0.3 is 9.47 Å².